The van der Waals surface area contributed by atoms with E-state index in [9.17, 15) is 0 Å². The van der Waals surface area contributed by atoms with Crippen molar-refractivity contribution in [2.75, 3.05) is 0 Å². The molecule has 0 aliphatic heterocycles. The maximum Gasteiger partial charge on any atom is -0.00672 e. The van der Waals surface area contributed by atoms with E-state index < -0.39 is 0 Å². The summed E-state index contributed by atoms with van der Waals surface area (Å²) in [6.07, 6.45) is 0. The van der Waals surface area contributed by atoms with Gasteiger partial charge in [-0.2, -0.15) is 13.5 Å². The molecule has 0 fully saturated rings. The number of aryl methyl sites for hydroxylation is 2. The van der Waals surface area contributed by atoms with Gasteiger partial charge in [0.15, 0.2) is 0 Å². The molecule has 114 valence electrons. The summed E-state index contributed by atoms with van der Waals surface area (Å²) in [4.78, 5) is 0. The van der Waals surface area contributed by atoms with Gasteiger partial charge in [-0.15, -0.1) is 0 Å². The van der Waals surface area contributed by atoms with Crippen LogP contribution in [0.4, 0.5) is 0 Å². The van der Waals surface area contributed by atoms with E-state index in [1.807, 2.05) is 0 Å². The third kappa shape index (κ3) is 2.51. The molecular weight excluding hydrogens is 296 g/mol. The van der Waals surface area contributed by atoms with Gasteiger partial charge in [0.1, 0.15) is 0 Å². The van der Waals surface area contributed by atoms with E-state index in [1.165, 1.54) is 43.8 Å². The molecule has 0 spiro atoms. The van der Waals surface area contributed by atoms with Gasteiger partial charge in [0.05, 0.1) is 0 Å². The van der Waals surface area contributed by atoms with E-state index in [0.29, 0.717) is 0 Å². The molecule has 0 aliphatic rings. The van der Waals surface area contributed by atoms with Crippen molar-refractivity contribution in [1.29, 1.82) is 0 Å². The maximum absolute atomic E-state index is 2.24. The summed E-state index contributed by atoms with van der Waals surface area (Å²) < 4.78 is 0. The highest BCUT2D eigenvalue weighted by atomic mass is 32.1. The molecular formula is C22H20S. The summed E-state index contributed by atoms with van der Waals surface area (Å²) in [7, 11) is 0. The van der Waals surface area contributed by atoms with Crippen molar-refractivity contribution < 1.29 is 0 Å². The standard InChI is InChI=1S/C22H18.H2S/c1-15-11-13-17-7-3-5-9-19(17)21(15)22-16(2)12-14-18-8-4-6-10-20(18)22;/h3-14H,1-2H3;1H2. The van der Waals surface area contributed by atoms with Crippen LogP contribution in [0.2, 0.25) is 0 Å². The molecule has 0 saturated carbocycles. The van der Waals surface area contributed by atoms with Crippen LogP contribution < -0.4 is 0 Å². The Morgan fingerprint density at radius 2 is 0.870 bits per heavy atom. The molecule has 4 rings (SSSR count). The van der Waals surface area contributed by atoms with Gasteiger partial charge in [-0.25, -0.2) is 0 Å². The first-order valence-corrected chi connectivity index (χ1v) is 7.73. The fourth-order valence-corrected chi connectivity index (χ4v) is 3.42. The SMILES string of the molecule is Cc1ccc2ccccc2c1-c1c(C)ccc2ccccc12.S. The minimum Gasteiger partial charge on any atom is -0.197 e. The summed E-state index contributed by atoms with van der Waals surface area (Å²) in [5, 5.41) is 5.27. The molecule has 0 heterocycles. The highest BCUT2D eigenvalue weighted by molar-refractivity contribution is 7.59. The third-order valence-electron chi connectivity index (χ3n) is 4.52. The fourth-order valence-electron chi connectivity index (χ4n) is 3.42. The van der Waals surface area contributed by atoms with E-state index in [2.05, 4.69) is 86.6 Å². The first-order chi connectivity index (χ1) is 10.8. The number of hydrogen-bond donors (Lipinski definition) is 0. The van der Waals surface area contributed by atoms with Crippen LogP contribution in [0.3, 0.4) is 0 Å². The van der Waals surface area contributed by atoms with E-state index >= 15 is 0 Å². The lowest BCUT2D eigenvalue weighted by molar-refractivity contribution is 1.45. The first kappa shape index (κ1) is 15.6. The van der Waals surface area contributed by atoms with E-state index in [-0.39, 0.29) is 13.5 Å². The predicted molar refractivity (Wildman–Crippen MR) is 107 cm³/mol. The Kier molecular flexibility index (Phi) is 4.14. The number of hydrogen-bond acceptors (Lipinski definition) is 0. The summed E-state index contributed by atoms with van der Waals surface area (Å²) in [5.74, 6) is 0. The molecule has 0 radical (unpaired) electrons. The fraction of sp³-hybridized carbons (Fsp3) is 0.0909. The molecule has 1 heteroatoms. The van der Waals surface area contributed by atoms with Crippen LogP contribution >= 0.6 is 13.5 Å². The lowest BCUT2D eigenvalue weighted by Crippen LogP contribution is -1.91. The summed E-state index contributed by atoms with van der Waals surface area (Å²) in [6, 6.07) is 26.2. The molecule has 0 amide bonds. The van der Waals surface area contributed by atoms with Crippen molar-refractivity contribution in [3.05, 3.63) is 83.9 Å². The van der Waals surface area contributed by atoms with Crippen LogP contribution in [0.25, 0.3) is 32.7 Å². The first-order valence-electron chi connectivity index (χ1n) is 7.73. The minimum atomic E-state index is 0. The Morgan fingerprint density at radius 1 is 0.478 bits per heavy atom. The van der Waals surface area contributed by atoms with Gasteiger partial charge < -0.3 is 0 Å². The van der Waals surface area contributed by atoms with Gasteiger partial charge in [-0.05, 0) is 57.6 Å². The molecule has 0 N–H and O–H groups in total. The normalized spacial score (nSPS) is 10.7. The lowest BCUT2D eigenvalue weighted by Gasteiger charge is -2.16. The van der Waals surface area contributed by atoms with Crippen LogP contribution in [0.5, 0.6) is 0 Å². The van der Waals surface area contributed by atoms with Crippen LogP contribution in [-0.4, -0.2) is 0 Å². The van der Waals surface area contributed by atoms with Gasteiger partial charge in [0.2, 0.25) is 0 Å². The van der Waals surface area contributed by atoms with Crippen LogP contribution in [0, 0.1) is 13.8 Å². The summed E-state index contributed by atoms with van der Waals surface area (Å²) >= 11 is 0. The highest BCUT2D eigenvalue weighted by Crippen LogP contribution is 2.38. The summed E-state index contributed by atoms with van der Waals surface area (Å²) in [6.45, 7) is 4.42. The molecule has 0 aliphatic carbocycles. The number of benzene rings is 4. The van der Waals surface area contributed by atoms with Crippen molar-refractivity contribution in [3.63, 3.8) is 0 Å². The highest BCUT2D eigenvalue weighted by Gasteiger charge is 2.12. The zero-order valence-electron chi connectivity index (χ0n) is 13.4. The predicted octanol–water partition coefficient (Wildman–Crippen LogP) is 6.39. The Bertz CT molecular complexity index is 916. The van der Waals surface area contributed by atoms with Crippen LogP contribution in [0.1, 0.15) is 11.1 Å². The zero-order valence-corrected chi connectivity index (χ0v) is 14.4. The minimum absolute atomic E-state index is 0. The van der Waals surface area contributed by atoms with Crippen molar-refractivity contribution in [2.24, 2.45) is 0 Å². The third-order valence-corrected chi connectivity index (χ3v) is 4.52. The molecule has 4 aromatic rings. The molecule has 0 unspecified atom stereocenters. The second-order valence-electron chi connectivity index (χ2n) is 5.96. The second kappa shape index (κ2) is 6.10. The smallest absolute Gasteiger partial charge is 0.00672 e. The second-order valence-corrected chi connectivity index (χ2v) is 5.96. The lowest BCUT2D eigenvalue weighted by atomic mass is 9.88. The van der Waals surface area contributed by atoms with Gasteiger partial charge in [0.25, 0.3) is 0 Å². The topological polar surface area (TPSA) is 0 Å². The van der Waals surface area contributed by atoms with Crippen LogP contribution in [-0.2, 0) is 0 Å². The monoisotopic (exact) mass is 316 g/mol. The molecule has 4 aromatic carbocycles. The van der Waals surface area contributed by atoms with E-state index in [4.69, 9.17) is 0 Å². The quantitative estimate of drug-likeness (QED) is 0.382. The van der Waals surface area contributed by atoms with Crippen molar-refractivity contribution in [1.82, 2.24) is 0 Å². The average molecular weight is 316 g/mol. The maximum atomic E-state index is 2.24. The van der Waals surface area contributed by atoms with Gasteiger partial charge in [-0.1, -0.05) is 72.8 Å². The Labute approximate surface area is 144 Å². The zero-order chi connectivity index (χ0) is 15.1. The summed E-state index contributed by atoms with van der Waals surface area (Å²) in [5.41, 5.74) is 5.40. The van der Waals surface area contributed by atoms with Gasteiger partial charge in [-0.3, -0.25) is 0 Å². The van der Waals surface area contributed by atoms with Gasteiger partial charge in [0, 0.05) is 0 Å². The molecule has 23 heavy (non-hydrogen) atoms. The molecule has 0 bridgehead atoms. The van der Waals surface area contributed by atoms with E-state index in [0.717, 1.165) is 0 Å². The number of rotatable bonds is 1. The van der Waals surface area contributed by atoms with Crippen molar-refractivity contribution in [2.45, 2.75) is 13.8 Å². The average Bonchev–Trinajstić information content (AvgIpc) is 2.56. The Hall–Kier alpha value is -2.25. The molecule has 0 nitrogen and oxygen atoms in total. The van der Waals surface area contributed by atoms with Crippen molar-refractivity contribution in [3.8, 4) is 11.1 Å². The van der Waals surface area contributed by atoms with E-state index in [1.54, 1.807) is 0 Å². The molecule has 0 atom stereocenters. The van der Waals surface area contributed by atoms with Crippen LogP contribution in [0.15, 0.2) is 72.8 Å². The largest absolute Gasteiger partial charge is 0.197 e. The van der Waals surface area contributed by atoms with Crippen molar-refractivity contribution >= 4 is 35.0 Å². The number of fused-ring (bicyclic) bond motifs is 2. The Morgan fingerprint density at radius 3 is 1.30 bits per heavy atom. The molecule has 0 aromatic heterocycles. The Balaban J connectivity index is 0.00000156. The van der Waals surface area contributed by atoms with Gasteiger partial charge >= 0.3 is 0 Å². The molecule has 0 saturated heterocycles.